The first-order valence-electron chi connectivity index (χ1n) is 7.94. The van der Waals surface area contributed by atoms with Crippen molar-refractivity contribution in [2.24, 2.45) is 0 Å². The molecule has 0 aliphatic heterocycles. The van der Waals surface area contributed by atoms with E-state index in [1.807, 2.05) is 25.1 Å². The third-order valence-corrected chi connectivity index (χ3v) is 6.70. The Balaban J connectivity index is 1.76. The second kappa shape index (κ2) is 7.05. The molecular weight excluding hydrogens is 324 g/mol. The fraction of sp³-hybridized carbons (Fsp3) is 0.444. The zero-order valence-corrected chi connectivity index (χ0v) is 15.5. The van der Waals surface area contributed by atoms with E-state index in [1.165, 1.54) is 11.1 Å². The summed E-state index contributed by atoms with van der Waals surface area (Å²) in [4.78, 5) is 20.3. The lowest BCUT2D eigenvalue weighted by Gasteiger charge is -2.33. The molecule has 1 amide bonds. The Morgan fingerprint density at radius 3 is 2.96 bits per heavy atom. The average molecular weight is 347 g/mol. The largest absolute Gasteiger partial charge is 0.338 e. The predicted octanol–water partition coefficient (Wildman–Crippen LogP) is 4.25. The van der Waals surface area contributed by atoms with Crippen LogP contribution in [0.1, 0.15) is 40.6 Å². The van der Waals surface area contributed by atoms with E-state index in [9.17, 15) is 4.79 Å². The zero-order chi connectivity index (χ0) is 16.4. The van der Waals surface area contributed by atoms with Crippen LogP contribution in [0.5, 0.6) is 0 Å². The molecule has 1 heterocycles. The van der Waals surface area contributed by atoms with E-state index in [-0.39, 0.29) is 11.9 Å². The number of hydrogen-bond donors (Lipinski definition) is 0. The number of nitrogens with zero attached hydrogens (tertiary/aromatic N) is 2. The topological polar surface area (TPSA) is 33.2 Å². The Bertz CT molecular complexity index is 711. The maximum atomic E-state index is 12.8. The minimum atomic E-state index is 0.186. The number of aryl methyl sites for hydroxylation is 2. The lowest BCUT2D eigenvalue weighted by atomic mass is 9.87. The SMILES string of the molecule is CSc1nc(C)c(CC(=O)N(C)[C@H]2CCCc3ccccc32)s1. The number of carbonyl (C=O) groups is 1. The molecule has 5 heteroatoms. The number of thiazole rings is 1. The van der Waals surface area contributed by atoms with E-state index in [1.54, 1.807) is 23.1 Å². The van der Waals surface area contributed by atoms with Gasteiger partial charge in [-0.05, 0) is 43.6 Å². The number of thioether (sulfide) groups is 1. The highest BCUT2D eigenvalue weighted by Gasteiger charge is 2.27. The number of fused-ring (bicyclic) bond motifs is 1. The Morgan fingerprint density at radius 2 is 2.22 bits per heavy atom. The maximum Gasteiger partial charge on any atom is 0.228 e. The summed E-state index contributed by atoms with van der Waals surface area (Å²) in [7, 11) is 1.95. The van der Waals surface area contributed by atoms with Crippen LogP contribution >= 0.6 is 23.1 Å². The zero-order valence-electron chi connectivity index (χ0n) is 13.8. The van der Waals surface area contributed by atoms with Crippen LogP contribution in [-0.2, 0) is 17.6 Å². The Kier molecular flexibility index (Phi) is 5.07. The first-order chi connectivity index (χ1) is 11.1. The first-order valence-corrected chi connectivity index (χ1v) is 9.98. The van der Waals surface area contributed by atoms with Crippen LogP contribution in [0.3, 0.4) is 0 Å². The van der Waals surface area contributed by atoms with E-state index in [4.69, 9.17) is 0 Å². The van der Waals surface area contributed by atoms with E-state index >= 15 is 0 Å². The van der Waals surface area contributed by atoms with Gasteiger partial charge in [-0.1, -0.05) is 36.0 Å². The van der Waals surface area contributed by atoms with Gasteiger partial charge in [0, 0.05) is 11.9 Å². The fourth-order valence-corrected chi connectivity index (χ4v) is 4.86. The molecule has 3 nitrogen and oxygen atoms in total. The second-order valence-electron chi connectivity index (χ2n) is 5.98. The van der Waals surface area contributed by atoms with Crippen molar-refractivity contribution in [3.05, 3.63) is 46.0 Å². The molecule has 0 N–H and O–H groups in total. The minimum absolute atomic E-state index is 0.186. The van der Waals surface area contributed by atoms with Crippen LogP contribution in [0, 0.1) is 6.92 Å². The number of rotatable bonds is 4. The Hall–Kier alpha value is -1.33. The number of likely N-dealkylation sites (N-methyl/N-ethyl adjacent to an activating group) is 1. The molecule has 1 aromatic carbocycles. The molecule has 23 heavy (non-hydrogen) atoms. The lowest BCUT2D eigenvalue weighted by Crippen LogP contribution is -2.34. The number of benzene rings is 1. The van der Waals surface area contributed by atoms with Gasteiger partial charge in [-0.2, -0.15) is 0 Å². The molecule has 1 aromatic heterocycles. The molecular formula is C18H22N2OS2. The van der Waals surface area contributed by atoms with Crippen LogP contribution < -0.4 is 0 Å². The van der Waals surface area contributed by atoms with Crippen molar-refractivity contribution in [1.82, 2.24) is 9.88 Å². The van der Waals surface area contributed by atoms with Gasteiger partial charge in [0.25, 0.3) is 0 Å². The molecule has 0 unspecified atom stereocenters. The molecule has 3 rings (SSSR count). The van der Waals surface area contributed by atoms with Crippen molar-refractivity contribution in [1.29, 1.82) is 0 Å². The summed E-state index contributed by atoms with van der Waals surface area (Å²) in [5, 5.41) is 0. The van der Waals surface area contributed by atoms with Crippen molar-refractivity contribution in [3.8, 4) is 0 Å². The van der Waals surface area contributed by atoms with Gasteiger partial charge < -0.3 is 4.90 Å². The fourth-order valence-electron chi connectivity index (χ4n) is 3.22. The summed E-state index contributed by atoms with van der Waals surface area (Å²) < 4.78 is 1.04. The summed E-state index contributed by atoms with van der Waals surface area (Å²) in [6.07, 6.45) is 5.81. The van der Waals surface area contributed by atoms with Gasteiger partial charge in [0.05, 0.1) is 18.2 Å². The third kappa shape index (κ3) is 3.45. The minimum Gasteiger partial charge on any atom is -0.338 e. The summed E-state index contributed by atoms with van der Waals surface area (Å²) >= 11 is 3.28. The smallest absolute Gasteiger partial charge is 0.228 e. The van der Waals surface area contributed by atoms with Crippen molar-refractivity contribution in [2.45, 2.75) is 43.0 Å². The number of hydrogen-bond acceptors (Lipinski definition) is 4. The average Bonchev–Trinajstić information content (AvgIpc) is 2.93. The molecule has 1 aliphatic rings. The third-order valence-electron chi connectivity index (χ3n) is 4.56. The van der Waals surface area contributed by atoms with Gasteiger partial charge in [-0.25, -0.2) is 4.98 Å². The van der Waals surface area contributed by atoms with E-state index < -0.39 is 0 Å². The van der Waals surface area contributed by atoms with Crippen LogP contribution in [-0.4, -0.2) is 29.1 Å². The lowest BCUT2D eigenvalue weighted by molar-refractivity contribution is -0.131. The van der Waals surface area contributed by atoms with Crippen LogP contribution in [0.25, 0.3) is 0 Å². The van der Waals surface area contributed by atoms with Crippen molar-refractivity contribution in [3.63, 3.8) is 0 Å². The summed E-state index contributed by atoms with van der Waals surface area (Å²) in [5.74, 6) is 0.186. The second-order valence-corrected chi connectivity index (χ2v) is 8.12. The van der Waals surface area contributed by atoms with Crippen molar-refractivity contribution in [2.75, 3.05) is 13.3 Å². The highest BCUT2D eigenvalue weighted by molar-refractivity contribution is 8.00. The van der Waals surface area contributed by atoms with Gasteiger partial charge in [0.1, 0.15) is 4.34 Å². The van der Waals surface area contributed by atoms with E-state index in [0.717, 1.165) is 34.2 Å². The van der Waals surface area contributed by atoms with Crippen LogP contribution in [0.4, 0.5) is 0 Å². The summed E-state index contributed by atoms with van der Waals surface area (Å²) in [6.45, 7) is 1.99. The monoisotopic (exact) mass is 346 g/mol. The number of aromatic nitrogens is 1. The molecule has 0 fully saturated rings. The first kappa shape index (κ1) is 16.5. The Labute approximate surface area is 146 Å². The van der Waals surface area contributed by atoms with Crippen molar-refractivity contribution < 1.29 is 4.79 Å². The molecule has 0 saturated heterocycles. The van der Waals surface area contributed by atoms with Gasteiger partial charge in [0.15, 0.2) is 0 Å². The summed E-state index contributed by atoms with van der Waals surface area (Å²) in [6, 6.07) is 8.74. The van der Waals surface area contributed by atoms with Crippen LogP contribution in [0.15, 0.2) is 28.6 Å². The van der Waals surface area contributed by atoms with Gasteiger partial charge in [-0.3, -0.25) is 4.79 Å². The van der Waals surface area contributed by atoms with Crippen LogP contribution in [0.2, 0.25) is 0 Å². The highest BCUT2D eigenvalue weighted by atomic mass is 32.2. The van der Waals surface area contributed by atoms with Gasteiger partial charge in [0.2, 0.25) is 5.91 Å². The quantitative estimate of drug-likeness (QED) is 0.776. The van der Waals surface area contributed by atoms with Gasteiger partial charge >= 0.3 is 0 Å². The number of amides is 1. The van der Waals surface area contributed by atoms with E-state index in [0.29, 0.717) is 6.42 Å². The van der Waals surface area contributed by atoms with Crippen molar-refractivity contribution >= 4 is 29.0 Å². The molecule has 2 aromatic rings. The molecule has 0 saturated carbocycles. The standard InChI is InChI=1S/C18H22N2OS2/c1-12-16(23-18(19-12)22-3)11-17(21)20(2)15-10-6-8-13-7-4-5-9-14(13)15/h4-5,7,9,15H,6,8,10-11H2,1-3H3/t15-/m0/s1. The molecule has 1 atom stereocenters. The van der Waals surface area contributed by atoms with E-state index in [2.05, 4.69) is 29.2 Å². The molecule has 0 radical (unpaired) electrons. The normalized spacial score (nSPS) is 16.9. The molecule has 0 bridgehead atoms. The highest BCUT2D eigenvalue weighted by Crippen LogP contribution is 2.34. The maximum absolute atomic E-state index is 12.8. The Morgan fingerprint density at radius 1 is 1.43 bits per heavy atom. The molecule has 0 spiro atoms. The summed E-state index contributed by atoms with van der Waals surface area (Å²) in [5.41, 5.74) is 3.70. The predicted molar refractivity (Wildman–Crippen MR) is 97.2 cm³/mol. The van der Waals surface area contributed by atoms with Gasteiger partial charge in [-0.15, -0.1) is 11.3 Å². The molecule has 122 valence electrons. The number of carbonyl (C=O) groups excluding carboxylic acids is 1. The molecule has 1 aliphatic carbocycles.